The number of nitrogens with one attached hydrogen (secondary N) is 1. The van der Waals surface area contributed by atoms with Crippen molar-refractivity contribution < 1.29 is 32.6 Å². The van der Waals surface area contributed by atoms with E-state index in [0.29, 0.717) is 23.5 Å². The van der Waals surface area contributed by atoms with E-state index in [1.807, 2.05) is 6.92 Å². The van der Waals surface area contributed by atoms with Crippen LogP contribution in [0.15, 0.2) is 53.4 Å². The van der Waals surface area contributed by atoms with Crippen molar-refractivity contribution in [2.75, 3.05) is 19.7 Å². The van der Waals surface area contributed by atoms with Crippen molar-refractivity contribution in [1.82, 2.24) is 10.2 Å². The predicted octanol–water partition coefficient (Wildman–Crippen LogP) is 4.15. The normalized spacial score (nSPS) is 14.9. The molecule has 1 saturated heterocycles. The van der Waals surface area contributed by atoms with Gasteiger partial charge in [-0.15, -0.1) is 0 Å². The number of rotatable bonds is 9. The van der Waals surface area contributed by atoms with Gasteiger partial charge in [0.05, 0.1) is 11.5 Å². The van der Waals surface area contributed by atoms with Crippen molar-refractivity contribution in [3.8, 4) is 11.5 Å². The van der Waals surface area contributed by atoms with Gasteiger partial charge in [0, 0.05) is 18.7 Å². The Morgan fingerprint density at radius 1 is 1.09 bits per heavy atom. The first kappa shape index (κ1) is 23.3. The van der Waals surface area contributed by atoms with E-state index < -0.39 is 17.8 Å². The second kappa shape index (κ2) is 10.8. The van der Waals surface area contributed by atoms with E-state index >= 15 is 0 Å². The van der Waals surface area contributed by atoms with E-state index in [4.69, 9.17) is 4.74 Å². The summed E-state index contributed by atoms with van der Waals surface area (Å²) >= 11 is 0.774. The van der Waals surface area contributed by atoms with Crippen LogP contribution in [0.25, 0.3) is 6.08 Å². The largest absolute Gasteiger partial charge is 0.494 e. The van der Waals surface area contributed by atoms with Crippen molar-refractivity contribution in [3.05, 3.63) is 64.6 Å². The third-order valence-corrected chi connectivity index (χ3v) is 5.23. The molecule has 1 heterocycles. The summed E-state index contributed by atoms with van der Waals surface area (Å²) in [7, 11) is 0. The molecule has 7 nitrogen and oxygen atoms in total. The fourth-order valence-corrected chi connectivity index (χ4v) is 3.71. The first-order valence-electron chi connectivity index (χ1n) is 9.68. The molecule has 0 aromatic heterocycles. The van der Waals surface area contributed by atoms with Crippen LogP contribution in [0.2, 0.25) is 0 Å². The van der Waals surface area contributed by atoms with Gasteiger partial charge >= 0.3 is 6.61 Å². The Balaban J connectivity index is 1.54. The zero-order valence-corrected chi connectivity index (χ0v) is 17.9. The molecule has 0 unspecified atom stereocenters. The molecular formula is C22H20F2N2O5S. The molecular weight excluding hydrogens is 442 g/mol. The third kappa shape index (κ3) is 6.07. The van der Waals surface area contributed by atoms with Gasteiger partial charge in [0.15, 0.2) is 0 Å². The van der Waals surface area contributed by atoms with Gasteiger partial charge in [0.1, 0.15) is 11.5 Å². The minimum atomic E-state index is -2.92. The van der Waals surface area contributed by atoms with Gasteiger partial charge in [-0.1, -0.05) is 12.1 Å². The molecule has 32 heavy (non-hydrogen) atoms. The second-order valence-corrected chi connectivity index (χ2v) is 7.49. The van der Waals surface area contributed by atoms with E-state index in [0.717, 1.165) is 16.7 Å². The first-order valence-corrected chi connectivity index (χ1v) is 10.5. The fraction of sp³-hybridized carbons (Fsp3) is 0.227. The van der Waals surface area contributed by atoms with Gasteiger partial charge in [0.2, 0.25) is 0 Å². The van der Waals surface area contributed by atoms with Crippen LogP contribution in [0.5, 0.6) is 11.5 Å². The summed E-state index contributed by atoms with van der Waals surface area (Å²) in [6, 6.07) is 12.3. The molecule has 0 radical (unpaired) electrons. The van der Waals surface area contributed by atoms with E-state index in [1.54, 1.807) is 24.3 Å². The molecule has 1 aliphatic heterocycles. The SMILES string of the molecule is CCOc1ccc(C(=O)NCCN2C(=O)S/C(=C\c3ccc(OC(F)F)cc3)C2=O)cc1. The average molecular weight is 462 g/mol. The number of carbonyl (C=O) groups is 3. The second-order valence-electron chi connectivity index (χ2n) is 6.49. The Morgan fingerprint density at radius 3 is 2.38 bits per heavy atom. The van der Waals surface area contributed by atoms with Crippen LogP contribution in [0.3, 0.4) is 0 Å². The van der Waals surface area contributed by atoms with Crippen LogP contribution >= 0.6 is 11.8 Å². The number of carbonyl (C=O) groups excluding carboxylic acids is 3. The van der Waals surface area contributed by atoms with Crippen LogP contribution in [0.4, 0.5) is 13.6 Å². The maximum absolute atomic E-state index is 12.5. The van der Waals surface area contributed by atoms with E-state index in [2.05, 4.69) is 10.1 Å². The molecule has 0 atom stereocenters. The Labute approximate surface area is 187 Å². The molecule has 0 spiro atoms. The van der Waals surface area contributed by atoms with Gasteiger partial charge in [-0.2, -0.15) is 8.78 Å². The topological polar surface area (TPSA) is 84.9 Å². The lowest BCUT2D eigenvalue weighted by atomic mass is 10.2. The molecule has 3 rings (SSSR count). The number of alkyl halides is 2. The summed E-state index contributed by atoms with van der Waals surface area (Å²) in [6.45, 7) is -0.423. The van der Waals surface area contributed by atoms with Crippen LogP contribution in [0, 0.1) is 0 Å². The lowest BCUT2D eigenvalue weighted by Gasteiger charge is -2.13. The Kier molecular flexibility index (Phi) is 7.82. The van der Waals surface area contributed by atoms with Crippen molar-refractivity contribution in [2.45, 2.75) is 13.5 Å². The van der Waals surface area contributed by atoms with Gasteiger partial charge in [-0.25, -0.2) is 0 Å². The van der Waals surface area contributed by atoms with Gasteiger partial charge in [-0.3, -0.25) is 19.3 Å². The highest BCUT2D eigenvalue weighted by atomic mass is 32.2. The van der Waals surface area contributed by atoms with E-state index in [9.17, 15) is 23.2 Å². The molecule has 0 bridgehead atoms. The number of ether oxygens (including phenoxy) is 2. The maximum Gasteiger partial charge on any atom is 0.387 e. The molecule has 0 saturated carbocycles. The number of imide groups is 1. The van der Waals surface area contributed by atoms with Gasteiger partial charge < -0.3 is 14.8 Å². The highest BCUT2D eigenvalue weighted by Crippen LogP contribution is 2.32. The summed E-state index contributed by atoms with van der Waals surface area (Å²) in [5.41, 5.74) is 0.989. The number of thioether (sulfide) groups is 1. The summed E-state index contributed by atoms with van der Waals surface area (Å²) < 4.78 is 34.1. The summed E-state index contributed by atoms with van der Waals surface area (Å²) in [6.07, 6.45) is 1.50. The Morgan fingerprint density at radius 2 is 1.75 bits per heavy atom. The average Bonchev–Trinajstić information content (AvgIpc) is 3.02. The monoisotopic (exact) mass is 462 g/mol. The highest BCUT2D eigenvalue weighted by molar-refractivity contribution is 8.18. The summed E-state index contributed by atoms with van der Waals surface area (Å²) in [4.78, 5) is 38.2. The number of benzene rings is 2. The Bertz CT molecular complexity index is 1010. The summed E-state index contributed by atoms with van der Waals surface area (Å²) in [5.74, 6) is -0.164. The zero-order valence-electron chi connectivity index (χ0n) is 17.0. The number of nitrogens with zero attached hydrogens (tertiary/aromatic N) is 1. The van der Waals surface area contributed by atoms with Crippen LogP contribution in [-0.4, -0.2) is 48.3 Å². The standard InChI is InChI=1S/C22H20F2N2O5S/c1-2-30-16-9-5-15(6-10-16)19(27)25-11-12-26-20(28)18(32-22(26)29)13-14-3-7-17(8-4-14)31-21(23)24/h3-10,13,21H,2,11-12H2,1H3,(H,25,27)/b18-13-. The molecule has 168 valence electrons. The lowest BCUT2D eigenvalue weighted by molar-refractivity contribution is -0.122. The number of amides is 3. The molecule has 0 aliphatic carbocycles. The van der Waals surface area contributed by atoms with Crippen LogP contribution in [-0.2, 0) is 4.79 Å². The minimum absolute atomic E-state index is 0.00599. The molecule has 1 N–H and O–H groups in total. The first-order chi connectivity index (χ1) is 15.4. The fourth-order valence-electron chi connectivity index (χ4n) is 2.84. The van der Waals surface area contributed by atoms with Gasteiger partial charge in [-0.05, 0) is 66.7 Å². The van der Waals surface area contributed by atoms with Crippen molar-refractivity contribution in [1.29, 1.82) is 0 Å². The van der Waals surface area contributed by atoms with Crippen LogP contribution < -0.4 is 14.8 Å². The zero-order chi connectivity index (χ0) is 23.1. The number of halogens is 2. The van der Waals surface area contributed by atoms with E-state index in [1.165, 1.54) is 30.3 Å². The number of hydrogen-bond acceptors (Lipinski definition) is 6. The molecule has 10 heteroatoms. The quantitative estimate of drug-likeness (QED) is 0.564. The Hall–Kier alpha value is -3.40. The predicted molar refractivity (Wildman–Crippen MR) is 116 cm³/mol. The molecule has 1 aliphatic rings. The van der Waals surface area contributed by atoms with E-state index in [-0.39, 0.29) is 29.7 Å². The van der Waals surface area contributed by atoms with Crippen molar-refractivity contribution in [2.24, 2.45) is 0 Å². The third-order valence-electron chi connectivity index (χ3n) is 4.33. The molecule has 3 amide bonds. The molecule has 2 aromatic carbocycles. The van der Waals surface area contributed by atoms with Crippen molar-refractivity contribution >= 4 is 34.9 Å². The van der Waals surface area contributed by atoms with Gasteiger partial charge in [0.25, 0.3) is 17.1 Å². The highest BCUT2D eigenvalue weighted by Gasteiger charge is 2.34. The molecule has 2 aromatic rings. The van der Waals surface area contributed by atoms with Crippen molar-refractivity contribution in [3.63, 3.8) is 0 Å². The maximum atomic E-state index is 12.5. The number of hydrogen-bond donors (Lipinski definition) is 1. The summed E-state index contributed by atoms with van der Waals surface area (Å²) in [5, 5.41) is 2.23. The molecule has 1 fully saturated rings. The van der Waals surface area contributed by atoms with Crippen LogP contribution in [0.1, 0.15) is 22.8 Å². The minimum Gasteiger partial charge on any atom is -0.494 e. The smallest absolute Gasteiger partial charge is 0.387 e. The lowest BCUT2D eigenvalue weighted by Crippen LogP contribution is -2.37.